The number of benzene rings is 1. The summed E-state index contributed by atoms with van der Waals surface area (Å²) < 4.78 is 66.4. The summed E-state index contributed by atoms with van der Waals surface area (Å²) in [4.78, 5) is 0. The van der Waals surface area contributed by atoms with Gasteiger partial charge >= 0.3 is 0 Å². The summed E-state index contributed by atoms with van der Waals surface area (Å²) in [7, 11) is -0.620. The summed E-state index contributed by atoms with van der Waals surface area (Å²) >= 11 is 0. The Kier molecular flexibility index (Phi) is 3.28. The molecule has 0 heterocycles. The number of halogens is 5. The highest BCUT2D eigenvalue weighted by Crippen LogP contribution is 2.27. The minimum atomic E-state index is -2.17. The molecule has 0 spiro atoms. The second kappa shape index (κ2) is 4.59. The molecule has 0 N–H and O–H groups in total. The molecule has 0 aliphatic heterocycles. The fourth-order valence-corrected chi connectivity index (χ4v) is 1.90. The molecular formula is C12H8BF5. The van der Waals surface area contributed by atoms with Crippen LogP contribution >= 0.6 is 0 Å². The Morgan fingerprint density at radius 3 is 2.50 bits per heavy atom. The van der Waals surface area contributed by atoms with Crippen LogP contribution in [0.25, 0.3) is 0 Å². The first kappa shape index (κ1) is 12.9. The largest absolute Gasteiger partial charge is 0.248 e. The Labute approximate surface area is 101 Å². The molecule has 1 aliphatic carbocycles. The summed E-state index contributed by atoms with van der Waals surface area (Å²) in [5.74, 6) is -4.39. The van der Waals surface area contributed by atoms with Crippen molar-refractivity contribution in [3.8, 4) is 0 Å². The third-order valence-electron chi connectivity index (χ3n) is 2.69. The molecule has 0 amide bonds. The van der Waals surface area contributed by atoms with Crippen molar-refractivity contribution in [3.05, 3.63) is 53.6 Å². The van der Waals surface area contributed by atoms with Crippen molar-refractivity contribution < 1.29 is 22.0 Å². The molecule has 1 atom stereocenters. The third-order valence-corrected chi connectivity index (χ3v) is 2.69. The molecule has 0 aromatic heterocycles. The lowest BCUT2D eigenvalue weighted by molar-refractivity contribution is 0.316. The van der Waals surface area contributed by atoms with Crippen molar-refractivity contribution in [2.75, 3.05) is 0 Å². The van der Waals surface area contributed by atoms with Crippen molar-refractivity contribution in [2.45, 2.75) is 12.0 Å². The van der Waals surface area contributed by atoms with E-state index in [1.807, 2.05) is 0 Å². The summed E-state index contributed by atoms with van der Waals surface area (Å²) in [6.45, 7) is 0. The lowest BCUT2D eigenvalue weighted by Crippen LogP contribution is -2.39. The zero-order valence-corrected chi connectivity index (χ0v) is 9.19. The third kappa shape index (κ3) is 2.63. The first-order chi connectivity index (χ1) is 8.39. The quantitative estimate of drug-likeness (QED) is 0.434. The van der Waals surface area contributed by atoms with E-state index in [-0.39, 0.29) is 0 Å². The molecule has 2 rings (SSSR count). The first-order valence-corrected chi connectivity index (χ1v) is 5.26. The molecular weight excluding hydrogens is 250 g/mol. The standard InChI is InChI=1S/C12H8BF5/c14-7-2-1-3-12(18,6-7)13-9-4-8(15)5-10(16)11(9)17/h1-5,13H,6H2. The molecule has 0 saturated heterocycles. The number of rotatable bonds is 2. The minimum Gasteiger partial charge on any atom is -0.248 e. The predicted molar refractivity (Wildman–Crippen MR) is 59.9 cm³/mol. The molecule has 18 heavy (non-hydrogen) atoms. The molecule has 0 bridgehead atoms. The Hall–Kier alpha value is -1.59. The second-order valence-corrected chi connectivity index (χ2v) is 4.22. The molecule has 1 aromatic rings. The van der Waals surface area contributed by atoms with Gasteiger partial charge in [-0.15, -0.1) is 0 Å². The zero-order chi connectivity index (χ0) is 13.3. The van der Waals surface area contributed by atoms with Crippen LogP contribution in [0, 0.1) is 17.5 Å². The monoisotopic (exact) mass is 258 g/mol. The van der Waals surface area contributed by atoms with Gasteiger partial charge in [-0.1, -0.05) is 12.2 Å². The van der Waals surface area contributed by atoms with E-state index >= 15 is 0 Å². The molecule has 1 aliphatic rings. The average molecular weight is 258 g/mol. The second-order valence-electron chi connectivity index (χ2n) is 4.22. The van der Waals surface area contributed by atoms with E-state index in [0.29, 0.717) is 12.1 Å². The van der Waals surface area contributed by atoms with E-state index < -0.39 is 48.0 Å². The zero-order valence-electron chi connectivity index (χ0n) is 9.19. The summed E-state index contributed by atoms with van der Waals surface area (Å²) in [5, 5.41) is 0. The van der Waals surface area contributed by atoms with Crippen LogP contribution in [0.4, 0.5) is 22.0 Å². The van der Waals surface area contributed by atoms with Crippen LogP contribution in [0.2, 0.25) is 0 Å². The van der Waals surface area contributed by atoms with Crippen LogP contribution in [0.15, 0.2) is 36.2 Å². The maximum atomic E-state index is 14.2. The smallest absolute Gasteiger partial charge is 0.213 e. The van der Waals surface area contributed by atoms with Gasteiger partial charge < -0.3 is 0 Å². The molecule has 94 valence electrons. The van der Waals surface area contributed by atoms with Crippen LogP contribution in [-0.2, 0) is 0 Å². The lowest BCUT2D eigenvalue weighted by Gasteiger charge is -2.22. The predicted octanol–water partition coefficient (Wildman–Crippen LogP) is 2.64. The van der Waals surface area contributed by atoms with Crippen molar-refractivity contribution in [1.29, 1.82) is 0 Å². The van der Waals surface area contributed by atoms with Crippen LogP contribution in [0.1, 0.15) is 6.42 Å². The van der Waals surface area contributed by atoms with Gasteiger partial charge in [0.15, 0.2) is 11.6 Å². The van der Waals surface area contributed by atoms with E-state index in [2.05, 4.69) is 0 Å². The van der Waals surface area contributed by atoms with E-state index in [0.717, 1.165) is 18.2 Å². The minimum absolute atomic E-state index is 0.376. The number of hydrogen-bond acceptors (Lipinski definition) is 0. The Bertz CT molecular complexity index is 538. The van der Waals surface area contributed by atoms with Gasteiger partial charge in [0.1, 0.15) is 17.2 Å². The first-order valence-electron chi connectivity index (χ1n) is 5.26. The Morgan fingerprint density at radius 2 is 1.83 bits per heavy atom. The molecule has 0 radical (unpaired) electrons. The number of alkyl halides is 1. The Morgan fingerprint density at radius 1 is 1.11 bits per heavy atom. The highest BCUT2D eigenvalue weighted by molar-refractivity contribution is 6.57. The maximum absolute atomic E-state index is 14.2. The molecule has 1 aromatic carbocycles. The fourth-order valence-electron chi connectivity index (χ4n) is 1.90. The van der Waals surface area contributed by atoms with Gasteiger partial charge in [-0.2, -0.15) is 0 Å². The lowest BCUT2D eigenvalue weighted by atomic mass is 9.54. The van der Waals surface area contributed by atoms with Gasteiger partial charge in [0, 0.05) is 12.5 Å². The van der Waals surface area contributed by atoms with Crippen LogP contribution < -0.4 is 5.46 Å². The van der Waals surface area contributed by atoms with Crippen LogP contribution in [0.3, 0.4) is 0 Å². The van der Waals surface area contributed by atoms with Gasteiger partial charge in [0.25, 0.3) is 0 Å². The highest BCUT2D eigenvalue weighted by atomic mass is 19.2. The average Bonchev–Trinajstić information content (AvgIpc) is 2.24. The van der Waals surface area contributed by atoms with Crippen LogP contribution in [0.5, 0.6) is 0 Å². The van der Waals surface area contributed by atoms with Gasteiger partial charge in [-0.25, -0.2) is 22.0 Å². The summed E-state index contributed by atoms with van der Waals surface area (Å²) in [6, 6.07) is 1.09. The van der Waals surface area contributed by atoms with Crippen molar-refractivity contribution >= 4 is 12.7 Å². The van der Waals surface area contributed by atoms with Crippen molar-refractivity contribution in [2.24, 2.45) is 0 Å². The van der Waals surface area contributed by atoms with Gasteiger partial charge in [0.05, 0.1) is 0 Å². The van der Waals surface area contributed by atoms with E-state index in [1.54, 1.807) is 0 Å². The normalized spacial score (nSPS) is 22.8. The number of allylic oxidation sites excluding steroid dienone is 4. The van der Waals surface area contributed by atoms with Crippen molar-refractivity contribution in [3.63, 3.8) is 0 Å². The molecule has 6 heteroatoms. The topological polar surface area (TPSA) is 0 Å². The van der Waals surface area contributed by atoms with Gasteiger partial charge in [0.2, 0.25) is 7.28 Å². The van der Waals surface area contributed by atoms with E-state index in [9.17, 15) is 22.0 Å². The molecule has 0 nitrogen and oxygen atoms in total. The maximum Gasteiger partial charge on any atom is 0.213 e. The van der Waals surface area contributed by atoms with Crippen LogP contribution in [-0.4, -0.2) is 12.8 Å². The van der Waals surface area contributed by atoms with Crippen molar-refractivity contribution in [1.82, 2.24) is 0 Å². The SMILES string of the molecule is FC1=CC=CC(F)(Bc2cc(F)cc(F)c2F)C1. The summed E-state index contributed by atoms with van der Waals surface area (Å²) in [6.07, 6.45) is 2.73. The molecule has 0 saturated carbocycles. The Balaban J connectivity index is 2.30. The summed E-state index contributed by atoms with van der Waals surface area (Å²) in [5.41, 5.74) is -2.62. The molecule has 1 unspecified atom stereocenters. The fraction of sp³-hybridized carbons (Fsp3) is 0.167. The van der Waals surface area contributed by atoms with E-state index in [1.165, 1.54) is 0 Å². The van der Waals surface area contributed by atoms with Gasteiger partial charge in [-0.05, 0) is 17.6 Å². The van der Waals surface area contributed by atoms with E-state index in [4.69, 9.17) is 0 Å². The van der Waals surface area contributed by atoms with Gasteiger partial charge in [-0.3, -0.25) is 0 Å². The molecule has 0 fully saturated rings. The highest BCUT2D eigenvalue weighted by Gasteiger charge is 2.33. The number of hydrogen-bond donors (Lipinski definition) is 0.